The van der Waals surface area contributed by atoms with Crippen LogP contribution in [0.25, 0.3) is 11.1 Å². The standard InChI is InChI=1S/C15H17NO4S2/c1-10(2)14(15(17)18)16-22(19,20)13-5-3-11(4-6-13)12-7-8-21-9-12/h3-10,14,16H,1-2H3,(H,17,18)/t14-/m1/s1. The van der Waals surface area contributed by atoms with Crippen LogP contribution in [-0.2, 0) is 14.8 Å². The number of carboxylic acid groups (broad SMARTS) is 1. The third kappa shape index (κ3) is 3.73. The van der Waals surface area contributed by atoms with Gasteiger partial charge in [-0.15, -0.1) is 0 Å². The van der Waals surface area contributed by atoms with Crippen LogP contribution in [0.2, 0.25) is 0 Å². The Hall–Kier alpha value is -1.70. The number of hydrogen-bond donors (Lipinski definition) is 2. The molecule has 0 aliphatic rings. The fourth-order valence-corrected chi connectivity index (χ4v) is 3.96. The van der Waals surface area contributed by atoms with Crippen molar-refractivity contribution in [2.24, 2.45) is 5.92 Å². The average molecular weight is 339 g/mol. The summed E-state index contributed by atoms with van der Waals surface area (Å²) in [6.45, 7) is 3.31. The minimum absolute atomic E-state index is 0.0541. The zero-order valence-corrected chi connectivity index (χ0v) is 13.8. The molecule has 2 N–H and O–H groups in total. The SMILES string of the molecule is CC(C)[C@@H](NS(=O)(=O)c1ccc(-c2ccsc2)cc1)C(=O)O. The molecule has 0 aliphatic heterocycles. The first kappa shape index (κ1) is 16.7. The van der Waals surface area contributed by atoms with Crippen molar-refractivity contribution in [3.8, 4) is 11.1 Å². The maximum absolute atomic E-state index is 12.3. The second kappa shape index (κ2) is 6.60. The second-order valence-corrected chi connectivity index (χ2v) is 7.71. The smallest absolute Gasteiger partial charge is 0.322 e. The molecule has 0 aliphatic carbocycles. The summed E-state index contributed by atoms with van der Waals surface area (Å²) >= 11 is 1.56. The molecule has 7 heteroatoms. The van der Waals surface area contributed by atoms with Crippen molar-refractivity contribution >= 4 is 27.3 Å². The minimum atomic E-state index is -3.86. The molecular formula is C15H17NO4S2. The molecule has 0 fully saturated rings. The van der Waals surface area contributed by atoms with Crippen LogP contribution in [0, 0.1) is 5.92 Å². The van der Waals surface area contributed by atoms with Crippen molar-refractivity contribution in [1.29, 1.82) is 0 Å². The number of hydrogen-bond acceptors (Lipinski definition) is 4. The highest BCUT2D eigenvalue weighted by atomic mass is 32.2. The summed E-state index contributed by atoms with van der Waals surface area (Å²) in [4.78, 5) is 11.2. The van der Waals surface area contributed by atoms with Crippen molar-refractivity contribution in [3.05, 3.63) is 41.1 Å². The Morgan fingerprint density at radius 3 is 2.23 bits per heavy atom. The highest BCUT2D eigenvalue weighted by molar-refractivity contribution is 7.89. The first-order chi connectivity index (χ1) is 10.3. The summed E-state index contributed by atoms with van der Waals surface area (Å²) in [5.74, 6) is -1.54. The quantitative estimate of drug-likeness (QED) is 0.848. The van der Waals surface area contributed by atoms with Gasteiger partial charge < -0.3 is 5.11 Å². The molecule has 0 amide bonds. The fourth-order valence-electron chi connectivity index (χ4n) is 1.96. The van der Waals surface area contributed by atoms with E-state index in [2.05, 4.69) is 4.72 Å². The number of carboxylic acids is 1. The number of carbonyl (C=O) groups is 1. The molecule has 0 radical (unpaired) electrons. The van der Waals surface area contributed by atoms with E-state index >= 15 is 0 Å². The topological polar surface area (TPSA) is 83.5 Å². The average Bonchev–Trinajstić information content (AvgIpc) is 2.98. The molecular weight excluding hydrogens is 322 g/mol. The number of nitrogens with one attached hydrogen (secondary N) is 1. The first-order valence-electron chi connectivity index (χ1n) is 6.69. The van der Waals surface area contributed by atoms with Crippen LogP contribution in [0.5, 0.6) is 0 Å². The van der Waals surface area contributed by atoms with Crippen molar-refractivity contribution in [3.63, 3.8) is 0 Å². The zero-order valence-electron chi connectivity index (χ0n) is 12.2. The summed E-state index contributed by atoms with van der Waals surface area (Å²) in [6.07, 6.45) is 0. The van der Waals surface area contributed by atoms with Crippen LogP contribution in [0.4, 0.5) is 0 Å². The van der Waals surface area contributed by atoms with E-state index in [4.69, 9.17) is 5.11 Å². The summed E-state index contributed by atoms with van der Waals surface area (Å²) in [7, 11) is -3.86. The predicted octanol–water partition coefficient (Wildman–Crippen LogP) is 2.80. The second-order valence-electron chi connectivity index (χ2n) is 5.22. The van der Waals surface area contributed by atoms with Crippen LogP contribution < -0.4 is 4.72 Å². The lowest BCUT2D eigenvalue weighted by molar-refractivity contribution is -0.140. The van der Waals surface area contributed by atoms with Crippen LogP contribution in [-0.4, -0.2) is 25.5 Å². The molecule has 0 bridgehead atoms. The number of benzene rings is 1. The minimum Gasteiger partial charge on any atom is -0.480 e. The highest BCUT2D eigenvalue weighted by Gasteiger charge is 2.27. The first-order valence-corrected chi connectivity index (χ1v) is 9.11. The van der Waals surface area contributed by atoms with Gasteiger partial charge in [-0.25, -0.2) is 8.42 Å². The molecule has 1 aromatic carbocycles. The number of rotatable bonds is 6. The molecule has 1 atom stereocenters. The van der Waals surface area contributed by atoms with E-state index < -0.39 is 22.0 Å². The van der Waals surface area contributed by atoms with Gasteiger partial charge in [0.15, 0.2) is 0 Å². The Balaban J connectivity index is 2.24. The van der Waals surface area contributed by atoms with Gasteiger partial charge in [0.05, 0.1) is 4.90 Å². The summed E-state index contributed by atoms with van der Waals surface area (Å²) in [6, 6.07) is 7.18. The Kier molecular flexibility index (Phi) is 5.00. The van der Waals surface area contributed by atoms with Gasteiger partial charge in [0.2, 0.25) is 10.0 Å². The van der Waals surface area contributed by atoms with Gasteiger partial charge in [-0.3, -0.25) is 4.79 Å². The van der Waals surface area contributed by atoms with Crippen molar-refractivity contribution in [2.75, 3.05) is 0 Å². The summed E-state index contributed by atoms with van der Waals surface area (Å²) in [5.41, 5.74) is 1.94. The number of aliphatic carboxylic acids is 1. The number of sulfonamides is 1. The summed E-state index contributed by atoms with van der Waals surface area (Å²) < 4.78 is 26.8. The lowest BCUT2D eigenvalue weighted by Crippen LogP contribution is -2.44. The van der Waals surface area contributed by atoms with Gasteiger partial charge in [-0.2, -0.15) is 16.1 Å². The summed E-state index contributed by atoms with van der Waals surface area (Å²) in [5, 5.41) is 13.0. The van der Waals surface area contributed by atoms with Crippen LogP contribution in [0.1, 0.15) is 13.8 Å². The lowest BCUT2D eigenvalue weighted by atomic mass is 10.1. The van der Waals surface area contributed by atoms with E-state index in [1.165, 1.54) is 12.1 Å². The maximum atomic E-state index is 12.3. The van der Waals surface area contributed by atoms with E-state index in [1.54, 1.807) is 37.3 Å². The van der Waals surface area contributed by atoms with Gasteiger partial charge in [0.1, 0.15) is 6.04 Å². The molecule has 2 aromatic rings. The highest BCUT2D eigenvalue weighted by Crippen LogP contribution is 2.23. The molecule has 2 rings (SSSR count). The monoisotopic (exact) mass is 339 g/mol. The lowest BCUT2D eigenvalue weighted by Gasteiger charge is -2.18. The van der Waals surface area contributed by atoms with E-state index in [1.807, 2.05) is 16.8 Å². The maximum Gasteiger partial charge on any atom is 0.322 e. The van der Waals surface area contributed by atoms with Gasteiger partial charge in [0, 0.05) is 0 Å². The predicted molar refractivity (Wildman–Crippen MR) is 86.3 cm³/mol. The van der Waals surface area contributed by atoms with E-state index in [-0.39, 0.29) is 10.8 Å². The largest absolute Gasteiger partial charge is 0.480 e. The third-order valence-corrected chi connectivity index (χ3v) is 5.37. The van der Waals surface area contributed by atoms with Crippen molar-refractivity contribution in [1.82, 2.24) is 4.72 Å². The van der Waals surface area contributed by atoms with E-state index in [0.717, 1.165) is 11.1 Å². The van der Waals surface area contributed by atoms with Gasteiger partial charge in [-0.1, -0.05) is 26.0 Å². The Bertz CT molecular complexity index is 734. The molecule has 1 heterocycles. The zero-order chi connectivity index (χ0) is 16.3. The molecule has 0 saturated carbocycles. The number of thiophene rings is 1. The van der Waals surface area contributed by atoms with E-state index in [0.29, 0.717) is 0 Å². The third-order valence-electron chi connectivity index (χ3n) is 3.23. The van der Waals surface area contributed by atoms with Crippen LogP contribution in [0.3, 0.4) is 0 Å². The molecule has 0 spiro atoms. The molecule has 5 nitrogen and oxygen atoms in total. The fraction of sp³-hybridized carbons (Fsp3) is 0.267. The molecule has 0 unspecified atom stereocenters. The van der Waals surface area contributed by atoms with Crippen molar-refractivity contribution < 1.29 is 18.3 Å². The molecule has 22 heavy (non-hydrogen) atoms. The molecule has 0 saturated heterocycles. The van der Waals surface area contributed by atoms with Crippen LogP contribution >= 0.6 is 11.3 Å². The molecule has 118 valence electrons. The Morgan fingerprint density at radius 1 is 1.14 bits per heavy atom. The van der Waals surface area contributed by atoms with E-state index in [9.17, 15) is 13.2 Å². The van der Waals surface area contributed by atoms with Crippen LogP contribution in [0.15, 0.2) is 46.0 Å². The normalized spacial score (nSPS) is 13.2. The van der Waals surface area contributed by atoms with Crippen molar-refractivity contribution in [2.45, 2.75) is 24.8 Å². The molecule has 1 aromatic heterocycles. The van der Waals surface area contributed by atoms with Gasteiger partial charge in [-0.05, 0) is 46.0 Å². The van der Waals surface area contributed by atoms with Gasteiger partial charge >= 0.3 is 5.97 Å². The van der Waals surface area contributed by atoms with Gasteiger partial charge in [0.25, 0.3) is 0 Å². The Morgan fingerprint density at radius 2 is 1.77 bits per heavy atom. The Labute approximate surface area is 133 Å².